The predicted octanol–water partition coefficient (Wildman–Crippen LogP) is 3.33. The number of likely N-dealkylation sites (N-methyl/N-ethyl adjacent to an activating group) is 1. The van der Waals surface area contributed by atoms with E-state index in [4.69, 9.17) is 28.9 Å². The Hall–Kier alpha value is -0.420. The third kappa shape index (κ3) is 3.42. The summed E-state index contributed by atoms with van der Waals surface area (Å²) in [4.78, 5) is 12.8. The number of carbonyl (C=O) groups excluding carboxylic acids is 1. The lowest BCUT2D eigenvalue weighted by molar-refractivity contribution is -0.124. The summed E-state index contributed by atoms with van der Waals surface area (Å²) < 4.78 is 0. The Morgan fingerprint density at radius 2 is 2.20 bits per heavy atom. The highest BCUT2D eigenvalue weighted by Gasteiger charge is 2.49. The second kappa shape index (κ2) is 6.56. The summed E-state index contributed by atoms with van der Waals surface area (Å²) in [6.45, 7) is 2.69. The molecule has 0 saturated heterocycles. The fourth-order valence-corrected chi connectivity index (χ4v) is 4.14. The van der Waals surface area contributed by atoms with Crippen LogP contribution >= 0.6 is 35.0 Å². The lowest BCUT2D eigenvalue weighted by Crippen LogP contribution is -2.59. The molecule has 2 rings (SSSR count). The van der Waals surface area contributed by atoms with Crippen LogP contribution in [0.4, 0.5) is 0 Å². The van der Waals surface area contributed by atoms with Crippen LogP contribution in [0.15, 0.2) is 23.1 Å². The Bertz CT molecular complexity index is 508. The van der Waals surface area contributed by atoms with E-state index in [9.17, 15) is 4.79 Å². The number of hydrogen-bond acceptors (Lipinski definition) is 3. The number of nitrogens with one attached hydrogen (secondary N) is 1. The molecule has 3 N–H and O–H groups in total. The summed E-state index contributed by atoms with van der Waals surface area (Å²) in [5, 5.41) is 4.57. The van der Waals surface area contributed by atoms with Crippen molar-refractivity contribution in [2.75, 3.05) is 12.3 Å². The Morgan fingerprint density at radius 1 is 1.50 bits per heavy atom. The molecule has 1 aliphatic carbocycles. The van der Waals surface area contributed by atoms with Crippen molar-refractivity contribution in [3.63, 3.8) is 0 Å². The van der Waals surface area contributed by atoms with Gasteiger partial charge in [-0.15, -0.1) is 11.8 Å². The smallest absolute Gasteiger partial charge is 0.238 e. The molecule has 0 aliphatic heterocycles. The van der Waals surface area contributed by atoms with Gasteiger partial charge in [0.15, 0.2) is 0 Å². The highest BCUT2D eigenvalue weighted by molar-refractivity contribution is 7.99. The molecule has 20 heavy (non-hydrogen) atoms. The number of rotatable bonds is 7. The van der Waals surface area contributed by atoms with Crippen molar-refractivity contribution in [3.05, 3.63) is 28.2 Å². The molecule has 1 atom stereocenters. The maximum atomic E-state index is 12.0. The van der Waals surface area contributed by atoms with Gasteiger partial charge in [0.2, 0.25) is 5.91 Å². The van der Waals surface area contributed by atoms with E-state index in [2.05, 4.69) is 5.32 Å². The third-order valence-electron chi connectivity index (χ3n) is 3.55. The van der Waals surface area contributed by atoms with Crippen LogP contribution in [0.5, 0.6) is 0 Å². The quantitative estimate of drug-likeness (QED) is 0.753. The van der Waals surface area contributed by atoms with Crippen LogP contribution in [0.1, 0.15) is 19.8 Å². The van der Waals surface area contributed by atoms with Crippen molar-refractivity contribution < 1.29 is 4.79 Å². The first-order chi connectivity index (χ1) is 9.49. The highest BCUT2D eigenvalue weighted by atomic mass is 35.5. The summed E-state index contributed by atoms with van der Waals surface area (Å²) in [6.07, 6.45) is 2.08. The van der Waals surface area contributed by atoms with E-state index in [0.717, 1.165) is 17.7 Å². The molecule has 1 amide bonds. The van der Waals surface area contributed by atoms with Crippen LogP contribution < -0.4 is 11.1 Å². The minimum Gasteiger partial charge on any atom is -0.368 e. The molecule has 1 unspecified atom stereocenters. The van der Waals surface area contributed by atoms with Gasteiger partial charge in [-0.1, -0.05) is 30.1 Å². The maximum absolute atomic E-state index is 12.0. The first-order valence-electron chi connectivity index (χ1n) is 6.62. The van der Waals surface area contributed by atoms with E-state index in [1.54, 1.807) is 12.1 Å². The van der Waals surface area contributed by atoms with E-state index in [0.29, 0.717) is 28.3 Å². The summed E-state index contributed by atoms with van der Waals surface area (Å²) >= 11 is 13.7. The highest BCUT2D eigenvalue weighted by Crippen LogP contribution is 2.43. The Balaban J connectivity index is 2.16. The van der Waals surface area contributed by atoms with E-state index in [1.807, 2.05) is 13.0 Å². The fourth-order valence-electron chi connectivity index (χ4n) is 2.34. The summed E-state index contributed by atoms with van der Waals surface area (Å²) in [5.41, 5.74) is 5.01. The summed E-state index contributed by atoms with van der Waals surface area (Å²) in [5.74, 6) is 0.610. The van der Waals surface area contributed by atoms with Gasteiger partial charge in [0, 0.05) is 15.7 Å². The summed E-state index contributed by atoms with van der Waals surface area (Å²) in [7, 11) is 0. The van der Waals surface area contributed by atoms with Gasteiger partial charge in [-0.05, 0) is 43.5 Å². The molecular weight excluding hydrogens is 315 g/mol. The average molecular weight is 333 g/mol. The molecule has 1 aliphatic rings. The standard InChI is InChI=1S/C14H18Cl2N2OS/c1-2-18-14(13(17)19,9-3-4-9)8-20-12-7-10(15)5-6-11(12)16/h5-7,9,18H,2-4,8H2,1H3,(H2,17,19). The lowest BCUT2D eigenvalue weighted by Gasteiger charge is -2.31. The lowest BCUT2D eigenvalue weighted by atomic mass is 9.94. The number of carbonyl (C=O) groups is 1. The van der Waals surface area contributed by atoms with Crippen LogP contribution in [-0.4, -0.2) is 23.7 Å². The number of hydrogen-bond donors (Lipinski definition) is 2. The maximum Gasteiger partial charge on any atom is 0.238 e. The van der Waals surface area contributed by atoms with Crippen molar-refractivity contribution in [1.29, 1.82) is 0 Å². The van der Waals surface area contributed by atoms with Crippen LogP contribution in [0.25, 0.3) is 0 Å². The fraction of sp³-hybridized carbons (Fsp3) is 0.500. The number of amides is 1. The van der Waals surface area contributed by atoms with Crippen molar-refractivity contribution in [1.82, 2.24) is 5.32 Å². The first kappa shape index (κ1) is 16.0. The minimum atomic E-state index is -0.648. The molecule has 3 nitrogen and oxygen atoms in total. The monoisotopic (exact) mass is 332 g/mol. The minimum absolute atomic E-state index is 0.285. The van der Waals surface area contributed by atoms with Crippen molar-refractivity contribution in [2.24, 2.45) is 11.7 Å². The Kier molecular flexibility index (Phi) is 5.24. The molecule has 1 aromatic rings. The second-order valence-electron chi connectivity index (χ2n) is 5.00. The van der Waals surface area contributed by atoms with Gasteiger partial charge in [-0.3, -0.25) is 4.79 Å². The third-order valence-corrected chi connectivity index (χ3v) is 5.48. The Labute approximate surface area is 133 Å². The van der Waals surface area contributed by atoms with Crippen molar-refractivity contribution >= 4 is 40.9 Å². The van der Waals surface area contributed by atoms with Gasteiger partial charge < -0.3 is 11.1 Å². The molecule has 1 saturated carbocycles. The zero-order valence-electron chi connectivity index (χ0n) is 11.3. The van der Waals surface area contributed by atoms with E-state index in [-0.39, 0.29) is 5.91 Å². The van der Waals surface area contributed by atoms with Gasteiger partial charge in [-0.25, -0.2) is 0 Å². The number of primary amides is 1. The van der Waals surface area contributed by atoms with Crippen molar-refractivity contribution in [2.45, 2.75) is 30.2 Å². The molecule has 0 bridgehead atoms. The van der Waals surface area contributed by atoms with Crippen LogP contribution in [0, 0.1) is 5.92 Å². The molecule has 1 fully saturated rings. The first-order valence-corrected chi connectivity index (χ1v) is 8.36. The van der Waals surface area contributed by atoms with E-state index in [1.165, 1.54) is 11.8 Å². The van der Waals surface area contributed by atoms with Crippen LogP contribution in [-0.2, 0) is 4.79 Å². The van der Waals surface area contributed by atoms with Gasteiger partial charge in [0.25, 0.3) is 0 Å². The SMILES string of the molecule is CCNC(CSc1cc(Cl)ccc1Cl)(C(N)=O)C1CC1. The van der Waals surface area contributed by atoms with Crippen LogP contribution in [0.3, 0.4) is 0 Å². The van der Waals surface area contributed by atoms with E-state index >= 15 is 0 Å². The zero-order valence-corrected chi connectivity index (χ0v) is 13.6. The topological polar surface area (TPSA) is 55.1 Å². The van der Waals surface area contributed by atoms with E-state index < -0.39 is 5.54 Å². The Morgan fingerprint density at radius 3 is 2.75 bits per heavy atom. The van der Waals surface area contributed by atoms with Crippen LogP contribution in [0.2, 0.25) is 10.0 Å². The molecular formula is C14H18Cl2N2OS. The van der Waals surface area contributed by atoms with Gasteiger partial charge in [-0.2, -0.15) is 0 Å². The number of benzene rings is 1. The van der Waals surface area contributed by atoms with Crippen molar-refractivity contribution in [3.8, 4) is 0 Å². The number of thioether (sulfide) groups is 1. The second-order valence-corrected chi connectivity index (χ2v) is 6.86. The summed E-state index contributed by atoms with van der Waals surface area (Å²) in [6, 6.07) is 5.34. The largest absolute Gasteiger partial charge is 0.368 e. The molecule has 0 aromatic heterocycles. The molecule has 0 radical (unpaired) electrons. The molecule has 110 valence electrons. The number of halogens is 2. The zero-order chi connectivity index (χ0) is 14.8. The van der Waals surface area contributed by atoms with Gasteiger partial charge in [0.05, 0.1) is 5.02 Å². The number of nitrogens with two attached hydrogens (primary N) is 1. The van der Waals surface area contributed by atoms with Gasteiger partial charge in [0.1, 0.15) is 5.54 Å². The predicted molar refractivity (Wildman–Crippen MR) is 85.5 cm³/mol. The molecule has 6 heteroatoms. The molecule has 0 heterocycles. The molecule has 1 aromatic carbocycles. The normalized spacial score (nSPS) is 17.8. The molecule has 0 spiro atoms. The van der Waals surface area contributed by atoms with Gasteiger partial charge >= 0.3 is 0 Å². The average Bonchev–Trinajstić information content (AvgIpc) is 3.22.